The maximum atomic E-state index is 13.1. The maximum absolute atomic E-state index is 13.1. The van der Waals surface area contributed by atoms with E-state index < -0.39 is 0 Å². The van der Waals surface area contributed by atoms with Crippen LogP contribution in [0.5, 0.6) is 5.75 Å². The van der Waals surface area contributed by atoms with E-state index in [-0.39, 0.29) is 11.7 Å². The summed E-state index contributed by atoms with van der Waals surface area (Å²) >= 11 is 6.38. The van der Waals surface area contributed by atoms with Gasteiger partial charge in [-0.1, -0.05) is 11.6 Å². The number of aryl methyl sites for hydroxylation is 1. The standard InChI is InChI=1S/C21H15ClFNO3/c1-11-19(21(25)24-13-5-3-12(23)4-6-13)20-16-9-14(26-2)7-8-15(16)17(22)10-18(20)27-11/h3-10H,1-2H3,(H,24,25). The van der Waals surface area contributed by atoms with Crippen LogP contribution >= 0.6 is 11.6 Å². The Morgan fingerprint density at radius 3 is 2.56 bits per heavy atom. The second kappa shape index (κ2) is 6.59. The van der Waals surface area contributed by atoms with Crippen molar-refractivity contribution in [2.45, 2.75) is 6.92 Å². The third kappa shape index (κ3) is 3.00. The second-order valence-electron chi connectivity index (χ2n) is 6.14. The number of anilines is 1. The summed E-state index contributed by atoms with van der Waals surface area (Å²) in [4.78, 5) is 12.9. The number of carbonyl (C=O) groups excluding carboxylic acids is 1. The molecule has 6 heteroatoms. The first-order valence-electron chi connectivity index (χ1n) is 8.24. The Morgan fingerprint density at radius 2 is 1.85 bits per heavy atom. The van der Waals surface area contributed by atoms with Crippen LogP contribution in [0.2, 0.25) is 5.02 Å². The van der Waals surface area contributed by atoms with Gasteiger partial charge in [-0.25, -0.2) is 4.39 Å². The molecule has 0 aliphatic heterocycles. The highest BCUT2D eigenvalue weighted by atomic mass is 35.5. The number of fused-ring (bicyclic) bond motifs is 3. The Balaban J connectivity index is 1.91. The van der Waals surface area contributed by atoms with E-state index in [0.717, 1.165) is 10.8 Å². The van der Waals surface area contributed by atoms with Gasteiger partial charge in [0.2, 0.25) is 0 Å². The number of rotatable bonds is 3. The molecule has 0 fully saturated rings. The van der Waals surface area contributed by atoms with E-state index in [2.05, 4.69) is 5.32 Å². The maximum Gasteiger partial charge on any atom is 0.259 e. The molecule has 0 atom stereocenters. The van der Waals surface area contributed by atoms with Crippen LogP contribution in [-0.4, -0.2) is 13.0 Å². The normalized spacial score (nSPS) is 11.1. The Bertz CT molecular complexity index is 1180. The first-order valence-corrected chi connectivity index (χ1v) is 8.62. The quantitative estimate of drug-likeness (QED) is 0.475. The van der Waals surface area contributed by atoms with E-state index in [9.17, 15) is 9.18 Å². The van der Waals surface area contributed by atoms with E-state index >= 15 is 0 Å². The number of hydrogen-bond donors (Lipinski definition) is 1. The molecule has 4 nitrogen and oxygen atoms in total. The number of methoxy groups -OCH3 is 1. The fraction of sp³-hybridized carbons (Fsp3) is 0.0952. The van der Waals surface area contributed by atoms with Crippen LogP contribution in [0.3, 0.4) is 0 Å². The molecule has 1 aromatic heterocycles. The van der Waals surface area contributed by atoms with Crippen molar-refractivity contribution in [3.8, 4) is 5.75 Å². The minimum absolute atomic E-state index is 0.343. The number of amides is 1. The summed E-state index contributed by atoms with van der Waals surface area (Å²) in [5, 5.41) is 5.52. The highest BCUT2D eigenvalue weighted by molar-refractivity contribution is 6.38. The number of benzene rings is 3. The summed E-state index contributed by atoms with van der Waals surface area (Å²) in [6, 6.07) is 12.8. The van der Waals surface area contributed by atoms with Gasteiger partial charge in [-0.2, -0.15) is 0 Å². The first-order chi connectivity index (χ1) is 13.0. The molecule has 0 aliphatic carbocycles. The monoisotopic (exact) mass is 383 g/mol. The van der Waals surface area contributed by atoms with E-state index in [1.165, 1.54) is 24.3 Å². The molecule has 4 rings (SSSR count). The zero-order chi connectivity index (χ0) is 19.1. The van der Waals surface area contributed by atoms with Gasteiger partial charge in [0.15, 0.2) is 0 Å². The summed E-state index contributed by atoms with van der Waals surface area (Å²) in [6.45, 7) is 1.72. The minimum Gasteiger partial charge on any atom is -0.497 e. The zero-order valence-corrected chi connectivity index (χ0v) is 15.4. The van der Waals surface area contributed by atoms with Crippen molar-refractivity contribution in [2.75, 3.05) is 12.4 Å². The lowest BCUT2D eigenvalue weighted by Gasteiger charge is -2.08. The summed E-state index contributed by atoms with van der Waals surface area (Å²) in [5.41, 5.74) is 1.41. The lowest BCUT2D eigenvalue weighted by molar-refractivity contribution is 0.102. The molecular formula is C21H15ClFNO3. The van der Waals surface area contributed by atoms with Gasteiger partial charge in [0.05, 0.1) is 17.7 Å². The molecule has 0 bridgehead atoms. The van der Waals surface area contributed by atoms with Crippen molar-refractivity contribution in [1.29, 1.82) is 0 Å². The molecule has 0 saturated heterocycles. The number of halogens is 2. The number of carbonyl (C=O) groups is 1. The van der Waals surface area contributed by atoms with Crippen LogP contribution in [-0.2, 0) is 0 Å². The van der Waals surface area contributed by atoms with Crippen LogP contribution < -0.4 is 10.1 Å². The van der Waals surface area contributed by atoms with Crippen molar-refractivity contribution in [2.24, 2.45) is 0 Å². The Morgan fingerprint density at radius 1 is 1.11 bits per heavy atom. The molecular weight excluding hydrogens is 369 g/mol. The van der Waals surface area contributed by atoms with Crippen LogP contribution in [0.25, 0.3) is 21.7 Å². The topological polar surface area (TPSA) is 51.5 Å². The van der Waals surface area contributed by atoms with Crippen molar-refractivity contribution in [1.82, 2.24) is 0 Å². The Labute approximate surface area is 159 Å². The highest BCUT2D eigenvalue weighted by Gasteiger charge is 2.22. The predicted octanol–water partition coefficient (Wildman–Crippen LogP) is 5.95. The first kappa shape index (κ1) is 17.4. The van der Waals surface area contributed by atoms with E-state index in [1.807, 2.05) is 18.2 Å². The SMILES string of the molecule is COc1ccc2c(Cl)cc3oc(C)c(C(=O)Nc4ccc(F)cc4)c3c2c1. The molecule has 0 aliphatic rings. The Kier molecular flexibility index (Phi) is 4.24. The molecule has 1 N–H and O–H groups in total. The van der Waals surface area contributed by atoms with Crippen molar-refractivity contribution in [3.05, 3.63) is 70.7 Å². The van der Waals surface area contributed by atoms with Gasteiger partial charge in [0, 0.05) is 22.5 Å². The third-order valence-corrected chi connectivity index (χ3v) is 4.76. The predicted molar refractivity (Wildman–Crippen MR) is 104 cm³/mol. The van der Waals surface area contributed by atoms with Gasteiger partial charge in [-0.15, -0.1) is 0 Å². The molecule has 0 saturated carbocycles. The van der Waals surface area contributed by atoms with Gasteiger partial charge >= 0.3 is 0 Å². The fourth-order valence-corrected chi connectivity index (χ4v) is 3.46. The van der Waals surface area contributed by atoms with Crippen LogP contribution in [0, 0.1) is 12.7 Å². The summed E-state index contributed by atoms with van der Waals surface area (Å²) in [6.07, 6.45) is 0. The van der Waals surface area contributed by atoms with Gasteiger partial charge < -0.3 is 14.5 Å². The van der Waals surface area contributed by atoms with Crippen LogP contribution in [0.4, 0.5) is 10.1 Å². The number of furan rings is 1. The molecule has 1 amide bonds. The van der Waals surface area contributed by atoms with E-state index in [1.54, 1.807) is 20.1 Å². The molecule has 3 aromatic carbocycles. The van der Waals surface area contributed by atoms with Crippen LogP contribution in [0.1, 0.15) is 16.1 Å². The smallest absolute Gasteiger partial charge is 0.259 e. The van der Waals surface area contributed by atoms with Gasteiger partial charge in [-0.05, 0) is 54.8 Å². The number of nitrogens with one attached hydrogen (secondary N) is 1. The summed E-state index contributed by atoms with van der Waals surface area (Å²) in [5.74, 6) is 0.404. The lowest BCUT2D eigenvalue weighted by atomic mass is 10.0. The van der Waals surface area contributed by atoms with E-state index in [0.29, 0.717) is 38.8 Å². The fourth-order valence-electron chi connectivity index (χ4n) is 3.19. The number of hydrogen-bond acceptors (Lipinski definition) is 3. The van der Waals surface area contributed by atoms with Gasteiger partial charge in [0.25, 0.3) is 5.91 Å². The molecule has 0 unspecified atom stereocenters. The molecule has 0 radical (unpaired) electrons. The van der Waals surface area contributed by atoms with E-state index in [4.69, 9.17) is 20.8 Å². The lowest BCUT2D eigenvalue weighted by Crippen LogP contribution is -2.12. The highest BCUT2D eigenvalue weighted by Crippen LogP contribution is 2.38. The summed E-state index contributed by atoms with van der Waals surface area (Å²) in [7, 11) is 1.58. The largest absolute Gasteiger partial charge is 0.497 e. The molecule has 1 heterocycles. The molecule has 136 valence electrons. The average molecular weight is 384 g/mol. The van der Waals surface area contributed by atoms with Gasteiger partial charge in [0.1, 0.15) is 22.9 Å². The molecule has 27 heavy (non-hydrogen) atoms. The number of ether oxygens (including phenoxy) is 1. The Hall–Kier alpha value is -3.05. The van der Waals surface area contributed by atoms with Crippen molar-refractivity contribution in [3.63, 3.8) is 0 Å². The summed E-state index contributed by atoms with van der Waals surface area (Å²) < 4.78 is 24.2. The molecule has 4 aromatic rings. The zero-order valence-electron chi connectivity index (χ0n) is 14.6. The van der Waals surface area contributed by atoms with Crippen molar-refractivity contribution < 1.29 is 18.3 Å². The minimum atomic E-state index is -0.370. The van der Waals surface area contributed by atoms with Crippen molar-refractivity contribution >= 4 is 44.9 Å². The third-order valence-electron chi connectivity index (χ3n) is 4.45. The average Bonchev–Trinajstić information content (AvgIpc) is 2.99. The second-order valence-corrected chi connectivity index (χ2v) is 6.54. The molecule has 0 spiro atoms. The van der Waals surface area contributed by atoms with Gasteiger partial charge in [-0.3, -0.25) is 4.79 Å². The van der Waals surface area contributed by atoms with Crippen LogP contribution in [0.15, 0.2) is 52.9 Å².